The molecule has 15 heavy (non-hydrogen) atoms. The second-order valence-electron chi connectivity index (χ2n) is 2.87. The van der Waals surface area contributed by atoms with Gasteiger partial charge in [0.15, 0.2) is 6.61 Å². The van der Waals surface area contributed by atoms with Crippen LogP contribution in [0.25, 0.3) is 0 Å². The molecule has 0 aliphatic rings. The summed E-state index contributed by atoms with van der Waals surface area (Å²) in [6.45, 7) is 1.12. The second kappa shape index (κ2) is 6.09. The predicted octanol–water partition coefficient (Wildman–Crippen LogP) is 0.0177. The summed E-state index contributed by atoms with van der Waals surface area (Å²) in [7, 11) is -5.53. The van der Waals surface area contributed by atoms with E-state index in [1.54, 1.807) is 0 Å². The van der Waals surface area contributed by atoms with Crippen LogP contribution in [-0.4, -0.2) is 60.4 Å². The summed E-state index contributed by atoms with van der Waals surface area (Å²) in [6.07, 6.45) is 0. The van der Waals surface area contributed by atoms with Crippen molar-refractivity contribution < 1.29 is 31.3 Å². The van der Waals surface area contributed by atoms with Crippen molar-refractivity contribution in [2.75, 3.05) is 6.61 Å². The molecule has 1 N–H and O–H groups in total. The number of hydrogen-bond donors (Lipinski definition) is 1. The topological polar surface area (TPSA) is 80.7 Å². The fourth-order valence-electron chi connectivity index (χ4n) is 0.396. The molecule has 0 saturated heterocycles. The number of carbonyl (C=O) groups excluding carboxylic acids is 1. The molecule has 0 fully saturated rings. The first kappa shape index (κ1) is 17.6. The third-order valence-electron chi connectivity index (χ3n) is 1.23. The van der Waals surface area contributed by atoms with Crippen LogP contribution < -0.4 is 0 Å². The first-order valence-corrected chi connectivity index (χ1v) is 5.03. The van der Waals surface area contributed by atoms with Gasteiger partial charge in [-0.25, -0.2) is 0 Å². The molecule has 0 aromatic rings. The van der Waals surface area contributed by atoms with Crippen LogP contribution >= 0.6 is 0 Å². The van der Waals surface area contributed by atoms with E-state index in [4.69, 9.17) is 4.55 Å². The molecular formula is C6H11F2NaO5S. The molecule has 0 spiro atoms. The van der Waals surface area contributed by atoms with Crippen LogP contribution in [0.2, 0.25) is 0 Å². The number of carbonyl (C=O) groups is 1. The van der Waals surface area contributed by atoms with Crippen LogP contribution in [0.15, 0.2) is 0 Å². The van der Waals surface area contributed by atoms with Crippen molar-refractivity contribution in [3.63, 3.8) is 0 Å². The summed E-state index contributed by atoms with van der Waals surface area (Å²) in [5.41, 5.74) is 0. The Morgan fingerprint density at radius 1 is 1.47 bits per heavy atom. The zero-order valence-corrected chi connectivity index (χ0v) is 8.35. The molecular weight excluding hydrogens is 245 g/mol. The molecule has 0 aliphatic carbocycles. The van der Waals surface area contributed by atoms with E-state index in [9.17, 15) is 22.0 Å². The molecule has 0 saturated carbocycles. The molecule has 0 unspecified atom stereocenters. The van der Waals surface area contributed by atoms with E-state index in [0.29, 0.717) is 0 Å². The standard InChI is InChI=1S/C6H10F2O5S.Na.H/c1-4(2)5(9)13-3-6(7,8)14(10,11)12;;/h4H,3H2,1-2H3,(H,10,11,12);;. The minimum atomic E-state index is -5.53. The zero-order chi connectivity index (χ0) is 11.6. The molecule has 0 aromatic carbocycles. The van der Waals surface area contributed by atoms with E-state index < -0.39 is 33.9 Å². The Hall–Kier alpha value is 0.240. The van der Waals surface area contributed by atoms with Gasteiger partial charge in [-0.15, -0.1) is 0 Å². The Morgan fingerprint density at radius 3 is 2.13 bits per heavy atom. The van der Waals surface area contributed by atoms with Gasteiger partial charge in [-0.05, 0) is 0 Å². The number of hydrogen-bond acceptors (Lipinski definition) is 4. The first-order valence-electron chi connectivity index (χ1n) is 3.59. The van der Waals surface area contributed by atoms with Gasteiger partial charge in [0.25, 0.3) is 0 Å². The third kappa shape index (κ3) is 5.76. The van der Waals surface area contributed by atoms with Gasteiger partial charge in [0, 0.05) is 0 Å². The van der Waals surface area contributed by atoms with E-state index in [1.807, 2.05) is 0 Å². The van der Waals surface area contributed by atoms with Gasteiger partial charge in [0.05, 0.1) is 5.92 Å². The molecule has 0 aliphatic heterocycles. The van der Waals surface area contributed by atoms with Gasteiger partial charge in [-0.2, -0.15) is 17.2 Å². The second-order valence-corrected chi connectivity index (χ2v) is 4.42. The van der Waals surface area contributed by atoms with Gasteiger partial charge >= 0.3 is 50.9 Å². The fraction of sp³-hybridized carbons (Fsp3) is 0.833. The van der Waals surface area contributed by atoms with Gasteiger partial charge < -0.3 is 4.74 Å². The van der Waals surface area contributed by atoms with Crippen LogP contribution in [0.3, 0.4) is 0 Å². The summed E-state index contributed by atoms with van der Waals surface area (Å²) in [6, 6.07) is 0. The Kier molecular flexibility index (Phi) is 7.16. The van der Waals surface area contributed by atoms with Crippen LogP contribution in [0.5, 0.6) is 0 Å². The maximum atomic E-state index is 12.4. The number of alkyl halides is 2. The fourth-order valence-corrected chi connectivity index (χ4v) is 0.604. The summed E-state index contributed by atoms with van der Waals surface area (Å²) < 4.78 is 57.0. The van der Waals surface area contributed by atoms with Crippen LogP contribution in [0.4, 0.5) is 8.78 Å². The first-order chi connectivity index (χ1) is 6.08. The molecule has 0 atom stereocenters. The van der Waals surface area contributed by atoms with Crippen LogP contribution in [0, 0.1) is 5.92 Å². The Morgan fingerprint density at radius 2 is 1.87 bits per heavy atom. The summed E-state index contributed by atoms with van der Waals surface area (Å²) >= 11 is 0. The van der Waals surface area contributed by atoms with Crippen molar-refractivity contribution in [3.8, 4) is 0 Å². The third-order valence-corrected chi connectivity index (χ3v) is 2.10. The van der Waals surface area contributed by atoms with Crippen molar-refractivity contribution in [1.82, 2.24) is 0 Å². The molecule has 0 heterocycles. The Labute approximate surface area is 108 Å². The van der Waals surface area contributed by atoms with Gasteiger partial charge in [-0.1, -0.05) is 13.8 Å². The molecule has 86 valence electrons. The predicted molar refractivity (Wildman–Crippen MR) is 49.4 cm³/mol. The monoisotopic (exact) mass is 256 g/mol. The van der Waals surface area contributed by atoms with Crippen molar-refractivity contribution >= 4 is 45.6 Å². The normalized spacial score (nSPS) is 12.1. The van der Waals surface area contributed by atoms with Crippen molar-refractivity contribution in [1.29, 1.82) is 0 Å². The molecule has 0 amide bonds. The Balaban J connectivity index is 0. The molecule has 5 nitrogen and oxygen atoms in total. The summed E-state index contributed by atoms with van der Waals surface area (Å²) in [5, 5.41) is -4.46. The zero-order valence-electron chi connectivity index (χ0n) is 7.53. The van der Waals surface area contributed by atoms with Crippen molar-refractivity contribution in [3.05, 3.63) is 0 Å². The maximum absolute atomic E-state index is 12.4. The van der Waals surface area contributed by atoms with E-state index in [-0.39, 0.29) is 29.6 Å². The minimum absolute atomic E-state index is 0. The van der Waals surface area contributed by atoms with E-state index in [2.05, 4.69) is 4.74 Å². The van der Waals surface area contributed by atoms with Gasteiger partial charge in [0.1, 0.15) is 0 Å². The van der Waals surface area contributed by atoms with Gasteiger partial charge in [0.2, 0.25) is 0 Å². The average molecular weight is 256 g/mol. The molecule has 0 bridgehead atoms. The summed E-state index contributed by atoms with van der Waals surface area (Å²) in [5.74, 6) is -1.61. The number of halogens is 2. The molecule has 0 rings (SSSR count). The average Bonchev–Trinajstić information content (AvgIpc) is 1.97. The van der Waals surface area contributed by atoms with E-state index >= 15 is 0 Å². The van der Waals surface area contributed by atoms with Crippen LogP contribution in [-0.2, 0) is 19.6 Å². The van der Waals surface area contributed by atoms with Crippen molar-refractivity contribution in [2.45, 2.75) is 19.1 Å². The van der Waals surface area contributed by atoms with Crippen LogP contribution in [0.1, 0.15) is 13.8 Å². The number of esters is 1. The quantitative estimate of drug-likeness (QED) is 0.435. The molecule has 0 radical (unpaired) electrons. The molecule has 9 heteroatoms. The number of rotatable bonds is 4. The number of ether oxygens (including phenoxy) is 1. The Bertz CT molecular complexity index is 313. The molecule has 0 aromatic heterocycles. The SMILES string of the molecule is CC(C)C(=O)OCC(F)(F)S(=O)(=O)O.[NaH]. The van der Waals surface area contributed by atoms with Crippen molar-refractivity contribution in [2.24, 2.45) is 5.92 Å². The van der Waals surface area contributed by atoms with E-state index in [1.165, 1.54) is 13.8 Å². The van der Waals surface area contributed by atoms with Gasteiger partial charge in [-0.3, -0.25) is 9.35 Å². The summed E-state index contributed by atoms with van der Waals surface area (Å²) in [4.78, 5) is 10.7. The van der Waals surface area contributed by atoms with E-state index in [0.717, 1.165) is 0 Å².